The second-order valence-electron chi connectivity index (χ2n) is 7.53. The molecule has 26 heavy (non-hydrogen) atoms. The van der Waals surface area contributed by atoms with E-state index < -0.39 is 0 Å². The molecule has 2 aromatic carbocycles. The van der Waals surface area contributed by atoms with E-state index in [-0.39, 0.29) is 12.2 Å². The van der Waals surface area contributed by atoms with Gasteiger partial charge in [-0.15, -0.1) is 0 Å². The van der Waals surface area contributed by atoms with Crippen LogP contribution in [-0.2, 0) is 17.6 Å². The van der Waals surface area contributed by atoms with Gasteiger partial charge in [-0.25, -0.2) is 0 Å². The highest BCUT2D eigenvalue weighted by Crippen LogP contribution is 2.41. The Hall–Kier alpha value is -1.84. The van der Waals surface area contributed by atoms with Gasteiger partial charge >= 0.3 is 0 Å². The Kier molecular flexibility index (Phi) is 5.28. The molecule has 1 aliphatic carbocycles. The quantitative estimate of drug-likeness (QED) is 0.797. The predicted octanol–water partition coefficient (Wildman–Crippen LogP) is 4.40. The molecule has 3 unspecified atom stereocenters. The second kappa shape index (κ2) is 7.81. The highest BCUT2D eigenvalue weighted by molar-refractivity contribution is 5.40. The summed E-state index contributed by atoms with van der Waals surface area (Å²) in [7, 11) is 1.74. The average Bonchev–Trinajstić information content (AvgIpc) is 2.68. The molecule has 0 saturated carbocycles. The van der Waals surface area contributed by atoms with Crippen LogP contribution in [0.4, 0.5) is 0 Å². The van der Waals surface area contributed by atoms with Gasteiger partial charge in [-0.3, -0.25) is 4.90 Å². The van der Waals surface area contributed by atoms with Crippen LogP contribution in [0.15, 0.2) is 48.5 Å². The van der Waals surface area contributed by atoms with Crippen molar-refractivity contribution in [2.24, 2.45) is 0 Å². The highest BCUT2D eigenvalue weighted by Gasteiger charge is 2.40. The van der Waals surface area contributed by atoms with Crippen molar-refractivity contribution in [2.45, 2.75) is 50.9 Å². The van der Waals surface area contributed by atoms with E-state index in [0.717, 1.165) is 31.7 Å². The van der Waals surface area contributed by atoms with Crippen molar-refractivity contribution in [3.8, 4) is 5.75 Å². The van der Waals surface area contributed by atoms with Gasteiger partial charge in [-0.1, -0.05) is 43.3 Å². The molecule has 0 N–H and O–H groups in total. The van der Waals surface area contributed by atoms with Crippen molar-refractivity contribution >= 4 is 0 Å². The lowest BCUT2D eigenvalue weighted by molar-refractivity contribution is -0.127. The molecule has 0 aromatic heterocycles. The fraction of sp³-hybridized carbons (Fsp3) is 0.478. The molecule has 2 aliphatic rings. The molecule has 3 atom stereocenters. The van der Waals surface area contributed by atoms with Gasteiger partial charge in [-0.05, 0) is 61.1 Å². The average molecular weight is 351 g/mol. The van der Waals surface area contributed by atoms with Crippen molar-refractivity contribution in [1.82, 2.24) is 4.90 Å². The summed E-state index contributed by atoms with van der Waals surface area (Å²) in [6, 6.07) is 17.7. The Balaban J connectivity index is 1.62. The van der Waals surface area contributed by atoms with Crippen molar-refractivity contribution in [2.75, 3.05) is 20.2 Å². The molecule has 0 spiro atoms. The molecule has 2 aromatic rings. The molecule has 4 rings (SSSR count). The molecule has 1 saturated heterocycles. The molecule has 3 heteroatoms. The lowest BCUT2D eigenvalue weighted by Crippen LogP contribution is -2.53. The number of benzene rings is 2. The predicted molar refractivity (Wildman–Crippen MR) is 105 cm³/mol. The number of morpholine rings is 1. The second-order valence-corrected chi connectivity index (χ2v) is 7.53. The smallest absolute Gasteiger partial charge is 0.119 e. The zero-order valence-corrected chi connectivity index (χ0v) is 15.9. The molecule has 3 nitrogen and oxygen atoms in total. The first-order valence-electron chi connectivity index (χ1n) is 9.88. The maximum Gasteiger partial charge on any atom is 0.119 e. The van der Waals surface area contributed by atoms with Crippen LogP contribution in [0.1, 0.15) is 42.6 Å². The fourth-order valence-corrected chi connectivity index (χ4v) is 4.57. The highest BCUT2D eigenvalue weighted by atomic mass is 16.5. The zero-order chi connectivity index (χ0) is 17.9. The van der Waals surface area contributed by atoms with Gasteiger partial charge in [0.2, 0.25) is 0 Å². The first-order chi connectivity index (χ1) is 12.8. The molecule has 1 aliphatic heterocycles. The minimum absolute atomic E-state index is 0.155. The maximum atomic E-state index is 6.70. The lowest BCUT2D eigenvalue weighted by atomic mass is 9.83. The first-order valence-corrected chi connectivity index (χ1v) is 9.88. The fourth-order valence-electron chi connectivity index (χ4n) is 4.57. The van der Waals surface area contributed by atoms with Crippen LogP contribution < -0.4 is 4.74 Å². The van der Waals surface area contributed by atoms with E-state index in [2.05, 4.69) is 60.4 Å². The number of rotatable bonds is 5. The monoisotopic (exact) mass is 351 g/mol. The minimum atomic E-state index is 0.155. The largest absolute Gasteiger partial charge is 0.497 e. The molecule has 0 amide bonds. The van der Waals surface area contributed by atoms with Crippen molar-refractivity contribution < 1.29 is 9.47 Å². The van der Waals surface area contributed by atoms with Crippen molar-refractivity contribution in [1.29, 1.82) is 0 Å². The van der Waals surface area contributed by atoms with E-state index in [1.165, 1.54) is 29.5 Å². The first kappa shape index (κ1) is 17.6. The third-order valence-electron chi connectivity index (χ3n) is 5.78. The third-order valence-corrected chi connectivity index (χ3v) is 5.78. The van der Waals surface area contributed by atoms with Crippen LogP contribution in [0.25, 0.3) is 0 Å². The number of hydrogen-bond acceptors (Lipinski definition) is 3. The molecule has 0 bridgehead atoms. The van der Waals surface area contributed by atoms with Gasteiger partial charge in [0, 0.05) is 12.6 Å². The summed E-state index contributed by atoms with van der Waals surface area (Å²) in [5, 5.41) is 0. The Morgan fingerprint density at radius 1 is 1.15 bits per heavy atom. The number of aryl methyl sites for hydroxylation is 1. The third kappa shape index (κ3) is 3.51. The van der Waals surface area contributed by atoms with Gasteiger partial charge < -0.3 is 9.47 Å². The van der Waals surface area contributed by atoms with Crippen LogP contribution >= 0.6 is 0 Å². The van der Waals surface area contributed by atoms with E-state index >= 15 is 0 Å². The topological polar surface area (TPSA) is 21.7 Å². The van der Waals surface area contributed by atoms with Crippen LogP contribution in [0.3, 0.4) is 0 Å². The molecule has 138 valence electrons. The van der Waals surface area contributed by atoms with E-state index in [1.54, 1.807) is 7.11 Å². The van der Waals surface area contributed by atoms with Crippen LogP contribution in [0, 0.1) is 0 Å². The molecule has 1 heterocycles. The summed E-state index contributed by atoms with van der Waals surface area (Å²) in [6.07, 6.45) is 4.87. The van der Waals surface area contributed by atoms with Crippen LogP contribution in [-0.4, -0.2) is 37.2 Å². The number of fused-ring (bicyclic) bond motifs is 3. The van der Waals surface area contributed by atoms with Crippen molar-refractivity contribution in [3.05, 3.63) is 65.2 Å². The van der Waals surface area contributed by atoms with Gasteiger partial charge in [0.1, 0.15) is 5.75 Å². The van der Waals surface area contributed by atoms with Crippen molar-refractivity contribution in [3.63, 3.8) is 0 Å². The SMILES string of the molecule is CCCN1CC(Cc2ccccc2)OC2c3cc(OC)ccc3CCC21. The van der Waals surface area contributed by atoms with E-state index in [0.29, 0.717) is 6.04 Å². The standard InChI is InChI=1S/C23H29NO2/c1-3-13-24-16-20(14-17-7-5-4-6-8-17)26-23-21-15-19(25-2)11-9-18(21)10-12-22(23)24/h4-9,11,15,20,22-23H,3,10,12-14,16H2,1-2H3. The van der Waals surface area contributed by atoms with Gasteiger partial charge in [0.15, 0.2) is 0 Å². The Labute approximate surface area is 156 Å². The number of methoxy groups -OCH3 is 1. The number of hydrogen-bond donors (Lipinski definition) is 0. The minimum Gasteiger partial charge on any atom is -0.497 e. The Bertz CT molecular complexity index is 730. The van der Waals surface area contributed by atoms with E-state index in [9.17, 15) is 0 Å². The van der Waals surface area contributed by atoms with Gasteiger partial charge in [-0.2, -0.15) is 0 Å². The molecular formula is C23H29NO2. The zero-order valence-electron chi connectivity index (χ0n) is 15.9. The molecule has 1 fully saturated rings. The van der Waals surface area contributed by atoms with Gasteiger partial charge in [0.25, 0.3) is 0 Å². The maximum absolute atomic E-state index is 6.70. The van der Waals surface area contributed by atoms with E-state index in [4.69, 9.17) is 9.47 Å². The molecule has 0 radical (unpaired) electrons. The summed E-state index contributed by atoms with van der Waals surface area (Å²) in [4.78, 5) is 2.67. The summed E-state index contributed by atoms with van der Waals surface area (Å²) < 4.78 is 12.2. The normalized spacial score (nSPS) is 25.4. The summed E-state index contributed by atoms with van der Waals surface area (Å²) in [5.41, 5.74) is 4.11. The lowest BCUT2D eigenvalue weighted by Gasteiger charge is -2.47. The number of nitrogens with zero attached hydrogens (tertiary/aromatic N) is 1. The molecular weight excluding hydrogens is 322 g/mol. The number of ether oxygens (including phenoxy) is 2. The summed E-state index contributed by atoms with van der Waals surface area (Å²) in [5.74, 6) is 0.931. The van der Waals surface area contributed by atoms with Gasteiger partial charge in [0.05, 0.1) is 19.3 Å². The van der Waals surface area contributed by atoms with Crippen LogP contribution in [0.5, 0.6) is 5.75 Å². The Morgan fingerprint density at radius 3 is 2.77 bits per heavy atom. The summed E-state index contributed by atoms with van der Waals surface area (Å²) >= 11 is 0. The van der Waals surface area contributed by atoms with E-state index in [1.807, 2.05) is 0 Å². The summed E-state index contributed by atoms with van der Waals surface area (Å²) in [6.45, 7) is 4.45. The van der Waals surface area contributed by atoms with Crippen LogP contribution in [0.2, 0.25) is 0 Å². The Morgan fingerprint density at radius 2 is 2.00 bits per heavy atom.